The predicted molar refractivity (Wildman–Crippen MR) is 143 cm³/mol. The number of alkyl halides is 1. The molecule has 9 unspecified atom stereocenters. The van der Waals surface area contributed by atoms with E-state index in [1.807, 2.05) is 0 Å². The van der Waals surface area contributed by atoms with Crippen molar-refractivity contribution in [1.29, 1.82) is 0 Å². The quantitative estimate of drug-likeness (QED) is 0.156. The molecule has 3 aliphatic rings. The normalized spacial score (nSPS) is 36.1. The first-order chi connectivity index (χ1) is 20.9. The fourth-order valence-electron chi connectivity index (χ4n) is 5.32. The van der Waals surface area contributed by atoms with E-state index in [1.165, 1.54) is 29.5 Å². The highest BCUT2D eigenvalue weighted by molar-refractivity contribution is 7.84. The molecule has 9 atom stereocenters. The summed E-state index contributed by atoms with van der Waals surface area (Å²) in [6, 6.07) is 1.51. The molecule has 20 nitrogen and oxygen atoms in total. The average Bonchev–Trinajstić information content (AvgIpc) is 3.73. The number of phosphoric acid groups is 1. The SMILES string of the molecule is Nc1ccnc2c1ncn2C1OC2COP(=O)(O)OC3C(CNS(=O)(=O)OC2C1O)OC(n1cnc2c(N)ncnc21)C3F. The Kier molecular flexibility index (Phi) is 7.04. The van der Waals surface area contributed by atoms with E-state index >= 15 is 4.39 Å². The number of phosphoric ester groups is 1. The molecule has 0 bridgehead atoms. The van der Waals surface area contributed by atoms with Crippen LogP contribution in [0.15, 0.2) is 31.2 Å². The van der Waals surface area contributed by atoms with Gasteiger partial charge < -0.3 is 30.9 Å². The van der Waals surface area contributed by atoms with Gasteiger partial charge in [0.2, 0.25) is 0 Å². The number of hydrogen-bond acceptors (Lipinski definition) is 16. The van der Waals surface area contributed by atoms with Gasteiger partial charge in [-0.25, -0.2) is 38.1 Å². The van der Waals surface area contributed by atoms with Crippen LogP contribution in [0.4, 0.5) is 15.9 Å². The first-order valence-corrected chi connectivity index (χ1v) is 15.8. The first-order valence-electron chi connectivity index (χ1n) is 12.9. The molecule has 0 amide bonds. The fraction of sp³-hybridized carbons (Fsp3) is 0.476. The van der Waals surface area contributed by atoms with E-state index in [9.17, 15) is 23.0 Å². The number of rotatable bonds is 2. The van der Waals surface area contributed by atoms with Crippen molar-refractivity contribution in [3.63, 3.8) is 0 Å². The van der Waals surface area contributed by atoms with Crippen LogP contribution in [0, 0.1) is 0 Å². The molecule has 7 heterocycles. The zero-order chi connectivity index (χ0) is 31.0. The van der Waals surface area contributed by atoms with E-state index in [0.29, 0.717) is 5.52 Å². The Hall–Kier alpha value is -3.44. The van der Waals surface area contributed by atoms with Crippen LogP contribution in [0.3, 0.4) is 0 Å². The van der Waals surface area contributed by atoms with E-state index in [1.54, 1.807) is 0 Å². The number of aliphatic hydroxyl groups excluding tert-OH is 1. The summed E-state index contributed by atoms with van der Waals surface area (Å²) in [5.74, 6) is 0.0156. The van der Waals surface area contributed by atoms with E-state index in [4.69, 9.17) is 34.2 Å². The molecule has 23 heteroatoms. The molecule has 7 N–H and O–H groups in total. The van der Waals surface area contributed by atoms with Gasteiger partial charge in [0.1, 0.15) is 47.9 Å². The minimum atomic E-state index is -5.06. The van der Waals surface area contributed by atoms with Crippen molar-refractivity contribution in [3.05, 3.63) is 31.2 Å². The summed E-state index contributed by atoms with van der Waals surface area (Å²) in [7, 11) is -9.75. The molecule has 0 aliphatic carbocycles. The number of pyridine rings is 1. The third kappa shape index (κ3) is 4.98. The van der Waals surface area contributed by atoms with Crippen LogP contribution >= 0.6 is 7.82 Å². The van der Waals surface area contributed by atoms with Crippen LogP contribution in [-0.4, -0.2) is 102 Å². The predicted octanol–water partition coefficient (Wildman–Crippen LogP) is -1.34. The van der Waals surface area contributed by atoms with Crippen molar-refractivity contribution in [2.45, 2.75) is 49.1 Å². The van der Waals surface area contributed by atoms with Gasteiger partial charge in [-0.05, 0) is 6.07 Å². The molecule has 4 aromatic rings. The third-order valence-corrected chi connectivity index (χ3v) is 9.34. The standard InChI is InChI=1S/C21H24FN10O10PS/c22-11-15-9(39-20(11)31-7-29-13-17(24)26-5-27-19(13)31)3-30-44(36,37)42-16-10(4-38-43(34,35)41-15)40-21(14(16)33)32-6-28-12-8(23)1-2-25-18(12)32/h1-2,5-7,9-11,14-16,20-21,30,33H,3-4H2,(H2,23,25)(H,34,35)(H2,24,26,27). The molecule has 0 radical (unpaired) electrons. The second kappa shape index (κ2) is 10.6. The number of anilines is 2. The summed E-state index contributed by atoms with van der Waals surface area (Å²) >= 11 is 0. The highest BCUT2D eigenvalue weighted by Gasteiger charge is 2.53. The summed E-state index contributed by atoms with van der Waals surface area (Å²) in [5.41, 5.74) is 12.8. The van der Waals surface area contributed by atoms with Gasteiger partial charge in [-0.3, -0.25) is 18.2 Å². The van der Waals surface area contributed by atoms with Crippen LogP contribution in [0.1, 0.15) is 12.5 Å². The van der Waals surface area contributed by atoms with E-state index in [2.05, 4.69) is 29.6 Å². The van der Waals surface area contributed by atoms with Crippen LogP contribution in [0.2, 0.25) is 0 Å². The molecule has 7 rings (SSSR count). The zero-order valence-corrected chi connectivity index (χ0v) is 23.8. The molecule has 44 heavy (non-hydrogen) atoms. The minimum absolute atomic E-state index is 0.0156. The first kappa shape index (κ1) is 29.3. The number of imidazole rings is 2. The Bertz CT molecular complexity index is 1900. The lowest BCUT2D eigenvalue weighted by Gasteiger charge is -2.26. The molecule has 0 aromatic carbocycles. The van der Waals surface area contributed by atoms with Gasteiger partial charge in [-0.2, -0.15) is 13.1 Å². The van der Waals surface area contributed by atoms with E-state index in [0.717, 1.165) is 10.9 Å². The number of ether oxygens (including phenoxy) is 2. The highest BCUT2D eigenvalue weighted by Crippen LogP contribution is 2.50. The van der Waals surface area contributed by atoms with Gasteiger partial charge in [0.15, 0.2) is 35.7 Å². The van der Waals surface area contributed by atoms with Crippen LogP contribution in [-0.2, 0) is 37.6 Å². The van der Waals surface area contributed by atoms with Crippen LogP contribution < -0.4 is 16.2 Å². The van der Waals surface area contributed by atoms with Gasteiger partial charge in [0, 0.05) is 12.7 Å². The molecule has 3 fully saturated rings. The molecule has 4 aromatic heterocycles. The fourth-order valence-corrected chi connectivity index (χ4v) is 7.25. The third-order valence-electron chi connectivity index (χ3n) is 7.36. The summed E-state index contributed by atoms with van der Waals surface area (Å²) in [5, 5.41) is 11.1. The Morgan fingerprint density at radius 1 is 1.00 bits per heavy atom. The summed E-state index contributed by atoms with van der Waals surface area (Å²) in [6.45, 7) is -1.49. The average molecular weight is 659 g/mol. The smallest absolute Gasteiger partial charge is 0.397 e. The van der Waals surface area contributed by atoms with Crippen molar-refractivity contribution in [3.8, 4) is 0 Å². The molecule has 236 valence electrons. The Balaban J connectivity index is 1.17. The molecular formula is C21H24FN10O10PS. The topological polar surface area (TPSA) is 276 Å². The van der Waals surface area contributed by atoms with Gasteiger partial charge in [0.25, 0.3) is 0 Å². The van der Waals surface area contributed by atoms with Crippen molar-refractivity contribution in [1.82, 2.24) is 38.8 Å². The maximum absolute atomic E-state index is 15.9. The largest absolute Gasteiger partial charge is 0.472 e. The molecule has 0 saturated carbocycles. The van der Waals surface area contributed by atoms with Gasteiger partial charge >= 0.3 is 18.1 Å². The van der Waals surface area contributed by atoms with E-state index < -0.39 is 80.4 Å². The highest BCUT2D eigenvalue weighted by atomic mass is 32.2. The molecular weight excluding hydrogens is 634 g/mol. The van der Waals surface area contributed by atoms with Crippen LogP contribution in [0.5, 0.6) is 0 Å². The molecule has 3 aliphatic heterocycles. The van der Waals surface area contributed by atoms with E-state index in [-0.39, 0.29) is 28.3 Å². The van der Waals surface area contributed by atoms with Gasteiger partial charge in [-0.15, -0.1) is 0 Å². The van der Waals surface area contributed by atoms with Gasteiger partial charge in [-0.1, -0.05) is 0 Å². The lowest BCUT2D eigenvalue weighted by molar-refractivity contribution is -0.0543. The van der Waals surface area contributed by atoms with Crippen molar-refractivity contribution >= 4 is 52.0 Å². The number of nitrogens with one attached hydrogen (secondary N) is 1. The number of nitrogens with zero attached hydrogens (tertiary/aromatic N) is 7. The van der Waals surface area contributed by atoms with Crippen LogP contribution in [0.25, 0.3) is 22.3 Å². The number of aliphatic hydroxyl groups is 1. The number of halogens is 1. The second-order valence-electron chi connectivity index (χ2n) is 10.1. The monoisotopic (exact) mass is 658 g/mol. The van der Waals surface area contributed by atoms with Crippen molar-refractivity contribution in [2.75, 3.05) is 24.6 Å². The Morgan fingerprint density at radius 3 is 2.50 bits per heavy atom. The lowest BCUT2D eigenvalue weighted by Crippen LogP contribution is -2.45. The Labute approximate surface area is 245 Å². The summed E-state index contributed by atoms with van der Waals surface area (Å²) in [6.07, 6.45) is -8.11. The summed E-state index contributed by atoms with van der Waals surface area (Å²) in [4.78, 5) is 30.8. The maximum atomic E-state index is 15.9. The van der Waals surface area contributed by atoms with Crippen molar-refractivity contribution < 1.29 is 50.1 Å². The second-order valence-corrected chi connectivity index (χ2v) is 12.9. The number of fused-ring (bicyclic) bond motifs is 4. The minimum Gasteiger partial charge on any atom is -0.397 e. The number of nitrogen functional groups attached to an aromatic ring is 2. The molecule has 0 spiro atoms. The maximum Gasteiger partial charge on any atom is 0.472 e. The number of hydrogen-bond donors (Lipinski definition) is 5. The summed E-state index contributed by atoms with van der Waals surface area (Å²) < 4.78 is 86.6. The lowest BCUT2D eigenvalue weighted by atomic mass is 10.1. The zero-order valence-electron chi connectivity index (χ0n) is 22.1. The molecule has 3 saturated heterocycles. The Morgan fingerprint density at radius 2 is 1.70 bits per heavy atom. The van der Waals surface area contributed by atoms with Gasteiger partial charge in [0.05, 0.1) is 24.9 Å². The number of aromatic nitrogens is 7. The number of nitrogens with two attached hydrogens (primary N) is 2. The van der Waals surface area contributed by atoms with Crippen molar-refractivity contribution in [2.24, 2.45) is 0 Å².